The molecule has 37 heavy (non-hydrogen) atoms. The van der Waals surface area contributed by atoms with E-state index in [2.05, 4.69) is 10.6 Å². The molecule has 0 aliphatic rings. The quantitative estimate of drug-likeness (QED) is 0.219. The predicted octanol–water partition coefficient (Wildman–Crippen LogP) is 5.65. The molecule has 0 aliphatic heterocycles. The van der Waals surface area contributed by atoms with E-state index in [0.717, 1.165) is 17.2 Å². The molecule has 0 atom stereocenters. The number of hydrogen-bond acceptors (Lipinski definition) is 6. The van der Waals surface area contributed by atoms with Crippen LogP contribution in [0, 0.1) is 0 Å². The van der Waals surface area contributed by atoms with Crippen LogP contribution < -0.4 is 29.6 Å². The molecule has 0 saturated heterocycles. The van der Waals surface area contributed by atoms with E-state index in [4.69, 9.17) is 18.9 Å². The second-order valence-corrected chi connectivity index (χ2v) is 7.95. The Morgan fingerprint density at radius 1 is 0.568 bits per heavy atom. The van der Waals surface area contributed by atoms with Crippen molar-refractivity contribution >= 4 is 17.3 Å². The first-order valence-electron chi connectivity index (χ1n) is 12.1. The first kappa shape index (κ1) is 25.4. The Balaban J connectivity index is 1.19. The van der Waals surface area contributed by atoms with E-state index in [1.165, 1.54) is 0 Å². The van der Waals surface area contributed by atoms with Gasteiger partial charge in [0, 0.05) is 11.8 Å². The normalized spacial score (nSPS) is 10.3. The first-order chi connectivity index (χ1) is 18.3. The smallest absolute Gasteiger partial charge is 0.243 e. The fourth-order valence-corrected chi connectivity index (χ4v) is 3.45. The molecular weight excluding hydrogens is 468 g/mol. The molecule has 0 radical (unpaired) electrons. The van der Waals surface area contributed by atoms with Gasteiger partial charge < -0.3 is 29.6 Å². The lowest BCUT2D eigenvalue weighted by molar-refractivity contribution is -0.114. The van der Waals surface area contributed by atoms with Gasteiger partial charge in [0.15, 0.2) is 0 Å². The third-order valence-electron chi connectivity index (χ3n) is 5.16. The molecule has 0 fully saturated rings. The van der Waals surface area contributed by atoms with Crippen molar-refractivity contribution < 1.29 is 23.7 Å². The Bertz CT molecular complexity index is 1230. The lowest BCUT2D eigenvalue weighted by Gasteiger charge is -2.14. The SMILES string of the molecule is O=C(CNc1ccccc1OCCOc1ccccc1)Nc1cccc(OCCOc2ccccc2)c1. The number of ether oxygens (including phenoxy) is 4. The molecule has 0 aliphatic carbocycles. The van der Waals surface area contributed by atoms with E-state index in [9.17, 15) is 4.79 Å². The summed E-state index contributed by atoms with van der Waals surface area (Å²) in [5, 5.41) is 6.02. The Morgan fingerprint density at radius 2 is 1.11 bits per heavy atom. The molecule has 0 saturated carbocycles. The molecule has 4 aromatic rings. The van der Waals surface area contributed by atoms with Crippen molar-refractivity contribution in [3.8, 4) is 23.0 Å². The first-order valence-corrected chi connectivity index (χ1v) is 12.1. The fraction of sp³-hybridized carbons (Fsp3) is 0.167. The molecule has 4 rings (SSSR count). The van der Waals surface area contributed by atoms with Crippen LogP contribution in [0.2, 0.25) is 0 Å². The number of nitrogens with one attached hydrogen (secondary N) is 2. The van der Waals surface area contributed by atoms with Crippen LogP contribution in [-0.2, 0) is 4.79 Å². The summed E-state index contributed by atoms with van der Waals surface area (Å²) < 4.78 is 22.9. The van der Waals surface area contributed by atoms with Gasteiger partial charge in [-0.1, -0.05) is 54.6 Å². The van der Waals surface area contributed by atoms with Crippen molar-refractivity contribution in [1.82, 2.24) is 0 Å². The lowest BCUT2D eigenvalue weighted by Crippen LogP contribution is -2.22. The van der Waals surface area contributed by atoms with Crippen LogP contribution in [0.25, 0.3) is 0 Å². The number of rotatable bonds is 14. The summed E-state index contributed by atoms with van der Waals surface area (Å²) in [4.78, 5) is 12.5. The van der Waals surface area contributed by atoms with Gasteiger partial charge in [-0.2, -0.15) is 0 Å². The number of anilines is 2. The Morgan fingerprint density at radius 3 is 1.78 bits per heavy atom. The van der Waals surface area contributed by atoms with Crippen molar-refractivity contribution in [2.24, 2.45) is 0 Å². The molecule has 4 aromatic carbocycles. The molecule has 0 unspecified atom stereocenters. The van der Waals surface area contributed by atoms with Gasteiger partial charge in [0.05, 0.1) is 12.2 Å². The maximum absolute atomic E-state index is 12.5. The van der Waals surface area contributed by atoms with E-state index in [1.807, 2.05) is 103 Å². The van der Waals surface area contributed by atoms with E-state index in [0.29, 0.717) is 43.6 Å². The van der Waals surface area contributed by atoms with Gasteiger partial charge in [0.25, 0.3) is 0 Å². The van der Waals surface area contributed by atoms with Gasteiger partial charge in [-0.05, 0) is 48.5 Å². The van der Waals surface area contributed by atoms with Crippen LogP contribution in [0.1, 0.15) is 0 Å². The number of benzene rings is 4. The number of carbonyl (C=O) groups is 1. The van der Waals surface area contributed by atoms with E-state index < -0.39 is 0 Å². The summed E-state index contributed by atoms with van der Waals surface area (Å²) in [6.07, 6.45) is 0. The molecule has 0 bridgehead atoms. The van der Waals surface area contributed by atoms with Gasteiger partial charge in [-0.3, -0.25) is 4.79 Å². The highest BCUT2D eigenvalue weighted by Gasteiger charge is 2.07. The lowest BCUT2D eigenvalue weighted by atomic mass is 10.3. The maximum atomic E-state index is 12.5. The molecule has 0 spiro atoms. The van der Waals surface area contributed by atoms with Gasteiger partial charge >= 0.3 is 0 Å². The van der Waals surface area contributed by atoms with Crippen molar-refractivity contribution in [2.45, 2.75) is 0 Å². The van der Waals surface area contributed by atoms with E-state index in [-0.39, 0.29) is 12.5 Å². The van der Waals surface area contributed by atoms with Crippen LogP contribution in [0.3, 0.4) is 0 Å². The average molecular weight is 499 g/mol. The standard InChI is InChI=1S/C30H30N2O5/c33-30(32-24-10-9-15-27(22-24)36-19-18-34-25-11-3-1-4-12-25)23-31-28-16-7-8-17-29(28)37-21-20-35-26-13-5-2-6-14-26/h1-17,22,31H,18-21,23H2,(H,32,33). The second-order valence-electron chi connectivity index (χ2n) is 7.95. The third-order valence-corrected chi connectivity index (χ3v) is 5.16. The number of carbonyl (C=O) groups excluding carboxylic acids is 1. The molecular formula is C30H30N2O5. The van der Waals surface area contributed by atoms with Crippen molar-refractivity contribution in [3.63, 3.8) is 0 Å². The van der Waals surface area contributed by atoms with Gasteiger partial charge in [-0.15, -0.1) is 0 Å². The third kappa shape index (κ3) is 8.81. The molecule has 0 aromatic heterocycles. The Labute approximate surface area is 217 Å². The Kier molecular flexibility index (Phi) is 9.66. The number of para-hydroxylation sites is 4. The summed E-state index contributed by atoms with van der Waals surface area (Å²) in [5.74, 6) is 2.71. The second kappa shape index (κ2) is 14.0. The molecule has 190 valence electrons. The summed E-state index contributed by atoms with van der Waals surface area (Å²) >= 11 is 0. The summed E-state index contributed by atoms with van der Waals surface area (Å²) in [7, 11) is 0. The van der Waals surface area contributed by atoms with E-state index in [1.54, 1.807) is 6.07 Å². The van der Waals surface area contributed by atoms with Crippen molar-refractivity contribution in [1.29, 1.82) is 0 Å². The minimum absolute atomic E-state index is 0.0802. The zero-order chi connectivity index (χ0) is 25.5. The summed E-state index contributed by atoms with van der Waals surface area (Å²) in [6.45, 7) is 1.68. The topological polar surface area (TPSA) is 78.1 Å². The van der Waals surface area contributed by atoms with Crippen LogP contribution in [0.15, 0.2) is 109 Å². The van der Waals surface area contributed by atoms with Crippen molar-refractivity contribution in [3.05, 3.63) is 109 Å². The van der Waals surface area contributed by atoms with Gasteiger partial charge in [0.1, 0.15) is 49.4 Å². The zero-order valence-corrected chi connectivity index (χ0v) is 20.5. The minimum atomic E-state index is -0.188. The number of amides is 1. The van der Waals surface area contributed by atoms with Crippen LogP contribution in [-0.4, -0.2) is 38.9 Å². The molecule has 0 heterocycles. The van der Waals surface area contributed by atoms with Crippen molar-refractivity contribution in [2.75, 3.05) is 43.6 Å². The van der Waals surface area contributed by atoms with Gasteiger partial charge in [-0.25, -0.2) is 0 Å². The summed E-state index contributed by atoms with van der Waals surface area (Å²) in [6, 6.07) is 33.9. The van der Waals surface area contributed by atoms with Crippen LogP contribution in [0.5, 0.6) is 23.0 Å². The Hall–Kier alpha value is -4.65. The number of hydrogen-bond donors (Lipinski definition) is 2. The minimum Gasteiger partial charge on any atom is -0.490 e. The molecule has 2 N–H and O–H groups in total. The summed E-state index contributed by atoms with van der Waals surface area (Å²) in [5.41, 5.74) is 1.38. The molecule has 7 heteroatoms. The van der Waals surface area contributed by atoms with Gasteiger partial charge in [0.2, 0.25) is 5.91 Å². The highest BCUT2D eigenvalue weighted by Crippen LogP contribution is 2.24. The largest absolute Gasteiger partial charge is 0.490 e. The van der Waals surface area contributed by atoms with Crippen LogP contribution >= 0.6 is 0 Å². The molecule has 1 amide bonds. The average Bonchev–Trinajstić information content (AvgIpc) is 2.94. The zero-order valence-electron chi connectivity index (χ0n) is 20.5. The predicted molar refractivity (Wildman–Crippen MR) is 145 cm³/mol. The maximum Gasteiger partial charge on any atom is 0.243 e. The van der Waals surface area contributed by atoms with Crippen LogP contribution in [0.4, 0.5) is 11.4 Å². The fourth-order valence-electron chi connectivity index (χ4n) is 3.45. The highest BCUT2D eigenvalue weighted by molar-refractivity contribution is 5.94. The monoisotopic (exact) mass is 498 g/mol. The highest BCUT2D eigenvalue weighted by atomic mass is 16.5. The van der Waals surface area contributed by atoms with E-state index >= 15 is 0 Å². The molecule has 7 nitrogen and oxygen atoms in total.